The fourth-order valence-electron chi connectivity index (χ4n) is 5.03. The number of hydrogen-bond acceptors (Lipinski definition) is 5. The van der Waals surface area contributed by atoms with Gasteiger partial charge in [0.15, 0.2) is 9.84 Å². The first-order chi connectivity index (χ1) is 16.5. The Morgan fingerprint density at radius 1 is 1.06 bits per heavy atom. The average Bonchev–Trinajstić information content (AvgIpc) is 3.35. The number of nitrogens with one attached hydrogen (secondary N) is 1. The van der Waals surface area contributed by atoms with Gasteiger partial charge in [-0.05, 0) is 36.0 Å². The van der Waals surface area contributed by atoms with E-state index in [1.165, 1.54) is 12.1 Å². The van der Waals surface area contributed by atoms with Crippen LogP contribution in [-0.2, 0) is 9.84 Å². The van der Waals surface area contributed by atoms with Crippen LogP contribution in [0.4, 0.5) is 4.79 Å². The summed E-state index contributed by atoms with van der Waals surface area (Å²) in [4.78, 5) is 28.5. The first-order valence-corrected chi connectivity index (χ1v) is 13.9. The van der Waals surface area contributed by atoms with Gasteiger partial charge in [0, 0.05) is 39.0 Å². The Balaban J connectivity index is 1.36. The molecule has 2 unspecified atom stereocenters. The van der Waals surface area contributed by atoms with Crippen molar-refractivity contribution in [1.29, 1.82) is 0 Å². The van der Waals surface area contributed by atoms with Crippen LogP contribution in [0.5, 0.6) is 0 Å². The van der Waals surface area contributed by atoms with Gasteiger partial charge in [-0.2, -0.15) is 0 Å². The number of rotatable bonds is 7. The van der Waals surface area contributed by atoms with Gasteiger partial charge in [0.05, 0.1) is 26.5 Å². The van der Waals surface area contributed by atoms with Crippen LogP contribution in [0.2, 0.25) is 10.0 Å². The molecular weight excluding hydrogens is 513 g/mol. The van der Waals surface area contributed by atoms with Crippen LogP contribution in [0.15, 0.2) is 47.4 Å². The Morgan fingerprint density at radius 2 is 1.63 bits per heavy atom. The van der Waals surface area contributed by atoms with Crippen LogP contribution in [0.3, 0.4) is 0 Å². The lowest BCUT2D eigenvalue weighted by molar-refractivity contribution is 0.0774. The van der Waals surface area contributed by atoms with Gasteiger partial charge in [-0.25, -0.2) is 13.2 Å². The highest BCUT2D eigenvalue weighted by molar-refractivity contribution is 7.90. The summed E-state index contributed by atoms with van der Waals surface area (Å²) in [6.07, 6.45) is 0.660. The predicted octanol–water partition coefficient (Wildman–Crippen LogP) is 3.80. The maximum atomic E-state index is 13.2. The summed E-state index contributed by atoms with van der Waals surface area (Å²) < 4.78 is 23.6. The molecule has 11 heteroatoms. The number of benzene rings is 2. The van der Waals surface area contributed by atoms with Gasteiger partial charge in [0.1, 0.15) is 0 Å². The minimum Gasteiger partial charge on any atom is -0.465 e. The zero-order chi connectivity index (χ0) is 25.3. The lowest BCUT2D eigenvalue weighted by Gasteiger charge is -2.24. The molecule has 35 heavy (non-hydrogen) atoms. The normalized spacial score (nSPS) is 21.1. The molecule has 2 aromatic rings. The molecule has 2 saturated heterocycles. The Hall–Kier alpha value is -2.33. The second-order valence-corrected chi connectivity index (χ2v) is 12.1. The Kier molecular flexibility index (Phi) is 7.61. The maximum Gasteiger partial charge on any atom is 0.405 e. The third-order valence-corrected chi connectivity index (χ3v) is 8.43. The molecule has 0 aliphatic carbocycles. The standard InChI is InChI=1S/C24H27Cl2N3O5S/c1-35(33,34)18-9-19(25)22(20(26)10-18)23(30)29-13-16-11-28(12-17(16)14-29)8-7-21(27-24(31)32)15-5-3-2-4-6-15/h2-6,9-10,16-17,21,27H,7-8,11-14H2,1H3,(H,31,32)/t16-,17?,21?/m0/s1. The molecule has 2 amide bonds. The number of halogens is 2. The molecule has 2 N–H and O–H groups in total. The minimum atomic E-state index is -3.50. The molecule has 2 aliphatic rings. The highest BCUT2D eigenvalue weighted by Crippen LogP contribution is 2.35. The SMILES string of the molecule is CS(=O)(=O)c1cc(Cl)c(C(=O)N2CC3CN(CCC(NC(=O)O)c4ccccc4)C[C@H]3C2)c(Cl)c1. The number of carboxylic acid groups (broad SMARTS) is 1. The van der Waals surface area contributed by atoms with Crippen molar-refractivity contribution in [2.24, 2.45) is 11.8 Å². The van der Waals surface area contributed by atoms with Crippen LogP contribution in [0, 0.1) is 11.8 Å². The molecule has 2 fully saturated rings. The number of nitrogens with zero attached hydrogens (tertiary/aromatic N) is 2. The Morgan fingerprint density at radius 3 is 2.14 bits per heavy atom. The summed E-state index contributed by atoms with van der Waals surface area (Å²) in [6.45, 7) is 3.51. The van der Waals surface area contributed by atoms with Gasteiger partial charge in [0.25, 0.3) is 5.91 Å². The molecule has 4 rings (SSSR count). The van der Waals surface area contributed by atoms with Crippen LogP contribution >= 0.6 is 23.2 Å². The molecule has 8 nitrogen and oxygen atoms in total. The number of carbonyl (C=O) groups is 2. The van der Waals surface area contributed by atoms with E-state index in [1.54, 1.807) is 4.90 Å². The fourth-order valence-corrected chi connectivity index (χ4v) is 6.48. The van der Waals surface area contributed by atoms with Crippen LogP contribution < -0.4 is 5.32 Å². The van der Waals surface area contributed by atoms with Crippen LogP contribution in [-0.4, -0.2) is 74.3 Å². The number of fused-ring (bicyclic) bond motifs is 1. The van der Waals surface area contributed by atoms with Gasteiger partial charge < -0.3 is 20.2 Å². The molecule has 3 atom stereocenters. The van der Waals surface area contributed by atoms with E-state index in [0.717, 1.165) is 31.5 Å². The van der Waals surface area contributed by atoms with Gasteiger partial charge in [-0.15, -0.1) is 0 Å². The van der Waals surface area contributed by atoms with Crippen molar-refractivity contribution in [3.8, 4) is 0 Å². The number of sulfone groups is 1. The van der Waals surface area contributed by atoms with E-state index < -0.39 is 15.9 Å². The molecular formula is C24H27Cl2N3O5S. The largest absolute Gasteiger partial charge is 0.465 e. The molecule has 0 radical (unpaired) electrons. The van der Waals surface area contributed by atoms with E-state index in [4.69, 9.17) is 23.2 Å². The second kappa shape index (κ2) is 10.3. The molecule has 0 aromatic heterocycles. The van der Waals surface area contributed by atoms with Gasteiger partial charge in [0.2, 0.25) is 0 Å². The molecule has 0 spiro atoms. The minimum absolute atomic E-state index is 0.0239. The summed E-state index contributed by atoms with van der Waals surface area (Å²) in [5, 5.41) is 11.9. The average molecular weight is 540 g/mol. The molecule has 2 aliphatic heterocycles. The first kappa shape index (κ1) is 25.8. The molecule has 2 aromatic carbocycles. The first-order valence-electron chi connectivity index (χ1n) is 11.3. The topological polar surface area (TPSA) is 107 Å². The third-order valence-electron chi connectivity index (χ3n) is 6.74. The molecule has 188 valence electrons. The van der Waals surface area contributed by atoms with Gasteiger partial charge in [-0.3, -0.25) is 4.79 Å². The van der Waals surface area contributed by atoms with Gasteiger partial charge in [-0.1, -0.05) is 53.5 Å². The zero-order valence-corrected chi connectivity index (χ0v) is 21.5. The van der Waals surface area contributed by atoms with E-state index in [-0.39, 0.29) is 32.5 Å². The molecule has 2 heterocycles. The van der Waals surface area contributed by atoms with E-state index >= 15 is 0 Å². The second-order valence-electron chi connectivity index (χ2n) is 9.23. The quantitative estimate of drug-likeness (QED) is 0.554. The summed E-state index contributed by atoms with van der Waals surface area (Å²) in [6, 6.07) is 11.8. The monoisotopic (exact) mass is 539 g/mol. The van der Waals surface area contributed by atoms with Gasteiger partial charge >= 0.3 is 6.09 Å². The lowest BCUT2D eigenvalue weighted by Crippen LogP contribution is -2.35. The van der Waals surface area contributed by atoms with E-state index in [1.807, 2.05) is 30.3 Å². The maximum absolute atomic E-state index is 13.2. The summed E-state index contributed by atoms with van der Waals surface area (Å²) >= 11 is 12.5. The summed E-state index contributed by atoms with van der Waals surface area (Å²) in [5.41, 5.74) is 1.06. The van der Waals surface area contributed by atoms with Crippen molar-refractivity contribution in [1.82, 2.24) is 15.1 Å². The number of likely N-dealkylation sites (tertiary alicyclic amines) is 2. The van der Waals surface area contributed by atoms with E-state index in [0.29, 0.717) is 31.3 Å². The zero-order valence-electron chi connectivity index (χ0n) is 19.2. The van der Waals surface area contributed by atoms with E-state index in [9.17, 15) is 23.1 Å². The fraction of sp³-hybridized carbons (Fsp3) is 0.417. The highest BCUT2D eigenvalue weighted by atomic mass is 35.5. The highest BCUT2D eigenvalue weighted by Gasteiger charge is 2.42. The van der Waals surface area contributed by atoms with Crippen molar-refractivity contribution in [2.75, 3.05) is 39.0 Å². The predicted molar refractivity (Wildman–Crippen MR) is 134 cm³/mol. The van der Waals surface area contributed by atoms with Crippen molar-refractivity contribution < 1.29 is 23.1 Å². The van der Waals surface area contributed by atoms with E-state index in [2.05, 4.69) is 10.2 Å². The summed E-state index contributed by atoms with van der Waals surface area (Å²) in [5.74, 6) is 0.305. The van der Waals surface area contributed by atoms with Crippen molar-refractivity contribution >= 4 is 45.0 Å². The number of hydrogen-bond donors (Lipinski definition) is 2. The van der Waals surface area contributed by atoms with Crippen LogP contribution in [0.25, 0.3) is 0 Å². The van der Waals surface area contributed by atoms with Crippen molar-refractivity contribution in [3.05, 3.63) is 63.6 Å². The lowest BCUT2D eigenvalue weighted by atomic mass is 10.0. The van der Waals surface area contributed by atoms with Crippen LogP contribution in [0.1, 0.15) is 28.4 Å². The Labute approximate surface area is 214 Å². The number of amides is 2. The van der Waals surface area contributed by atoms with Crippen molar-refractivity contribution in [3.63, 3.8) is 0 Å². The smallest absolute Gasteiger partial charge is 0.405 e. The number of carbonyl (C=O) groups excluding carboxylic acids is 1. The molecule has 0 saturated carbocycles. The molecule has 0 bridgehead atoms. The Bertz CT molecular complexity index is 1190. The third kappa shape index (κ3) is 5.91. The summed E-state index contributed by atoms with van der Waals surface area (Å²) in [7, 11) is -3.50. The van der Waals surface area contributed by atoms with Crippen molar-refractivity contribution in [2.45, 2.75) is 17.4 Å².